The summed E-state index contributed by atoms with van der Waals surface area (Å²) in [5.74, 6) is -0.482. The molecule has 0 aliphatic carbocycles. The fourth-order valence-corrected chi connectivity index (χ4v) is 6.16. The van der Waals surface area contributed by atoms with E-state index in [0.29, 0.717) is 25.2 Å². The highest BCUT2D eigenvalue weighted by molar-refractivity contribution is 5.85. The molecular formula is C41H47N3O6. The number of benzene rings is 3. The van der Waals surface area contributed by atoms with Gasteiger partial charge in [-0.25, -0.2) is 9.97 Å². The molecule has 0 saturated carbocycles. The summed E-state index contributed by atoms with van der Waals surface area (Å²) >= 11 is 0. The van der Waals surface area contributed by atoms with Gasteiger partial charge >= 0.3 is 11.9 Å². The lowest BCUT2D eigenvalue weighted by Crippen LogP contribution is -2.37. The van der Waals surface area contributed by atoms with E-state index in [1.807, 2.05) is 91.3 Å². The first-order valence-corrected chi connectivity index (χ1v) is 17.6. The van der Waals surface area contributed by atoms with Gasteiger partial charge in [-0.3, -0.25) is 14.4 Å². The first-order chi connectivity index (χ1) is 24.4. The van der Waals surface area contributed by atoms with Crippen molar-refractivity contribution in [1.82, 2.24) is 14.9 Å². The highest BCUT2D eigenvalue weighted by Crippen LogP contribution is 2.26. The van der Waals surface area contributed by atoms with Gasteiger partial charge in [0.2, 0.25) is 5.91 Å². The van der Waals surface area contributed by atoms with Crippen LogP contribution >= 0.6 is 0 Å². The minimum atomic E-state index is -0.640. The van der Waals surface area contributed by atoms with Gasteiger partial charge in [-0.1, -0.05) is 99.3 Å². The van der Waals surface area contributed by atoms with Crippen molar-refractivity contribution < 1.29 is 28.6 Å². The molecule has 2 heterocycles. The number of likely N-dealkylation sites (tertiary alicyclic amines) is 1. The summed E-state index contributed by atoms with van der Waals surface area (Å²) in [4.78, 5) is 49.6. The van der Waals surface area contributed by atoms with E-state index in [-0.39, 0.29) is 37.4 Å². The van der Waals surface area contributed by atoms with Crippen molar-refractivity contribution in [3.8, 4) is 28.3 Å². The van der Waals surface area contributed by atoms with Crippen LogP contribution in [0.2, 0.25) is 0 Å². The summed E-state index contributed by atoms with van der Waals surface area (Å²) in [5.41, 5.74) is 4.53. The molecule has 2 atom stereocenters. The zero-order valence-electron chi connectivity index (χ0n) is 29.1. The summed E-state index contributed by atoms with van der Waals surface area (Å²) in [6.45, 7) is 3.81. The van der Waals surface area contributed by atoms with Crippen molar-refractivity contribution >= 4 is 17.8 Å². The molecule has 0 radical (unpaired) electrons. The molecule has 0 bridgehead atoms. The smallest absolute Gasteiger partial charge is 0.310 e. The third-order valence-electron chi connectivity index (χ3n) is 9.09. The topological polar surface area (TPSA) is 108 Å². The van der Waals surface area contributed by atoms with E-state index in [9.17, 15) is 14.4 Å². The monoisotopic (exact) mass is 677 g/mol. The summed E-state index contributed by atoms with van der Waals surface area (Å²) in [7, 11) is 1.35. The largest absolute Gasteiger partial charge is 0.494 e. The highest BCUT2D eigenvalue weighted by Gasteiger charge is 2.35. The maximum atomic E-state index is 13.7. The molecule has 1 aliphatic rings. The van der Waals surface area contributed by atoms with E-state index in [2.05, 4.69) is 16.9 Å². The Morgan fingerprint density at radius 3 is 2.22 bits per heavy atom. The van der Waals surface area contributed by atoms with Gasteiger partial charge in [-0.15, -0.1) is 0 Å². The van der Waals surface area contributed by atoms with Crippen LogP contribution in [0.15, 0.2) is 91.3 Å². The molecule has 1 saturated heterocycles. The normalized spacial score (nSPS) is 14.6. The van der Waals surface area contributed by atoms with Crippen LogP contribution in [0.4, 0.5) is 0 Å². The average molecular weight is 678 g/mol. The van der Waals surface area contributed by atoms with Crippen LogP contribution < -0.4 is 4.74 Å². The van der Waals surface area contributed by atoms with Crippen molar-refractivity contribution in [3.05, 3.63) is 102 Å². The Morgan fingerprint density at radius 2 is 1.52 bits per heavy atom. The molecule has 0 spiro atoms. The Hall–Kier alpha value is -5.05. The number of hydrogen-bond donors (Lipinski definition) is 0. The molecule has 0 unspecified atom stereocenters. The lowest BCUT2D eigenvalue weighted by atomic mass is 9.94. The molecule has 1 aliphatic heterocycles. The van der Waals surface area contributed by atoms with Crippen LogP contribution in [-0.4, -0.2) is 59.5 Å². The molecular weight excluding hydrogens is 630 g/mol. The first kappa shape index (κ1) is 36.2. The lowest BCUT2D eigenvalue weighted by Gasteiger charge is -2.23. The van der Waals surface area contributed by atoms with Crippen LogP contribution in [0.1, 0.15) is 63.0 Å². The minimum absolute atomic E-state index is 0.0659. The number of carbonyl (C=O) groups excluding carboxylic acids is 3. The third-order valence-corrected chi connectivity index (χ3v) is 9.09. The second kappa shape index (κ2) is 18.6. The quantitative estimate of drug-likeness (QED) is 0.0837. The van der Waals surface area contributed by atoms with Gasteiger partial charge in [0.1, 0.15) is 12.4 Å². The molecule has 3 aromatic carbocycles. The van der Waals surface area contributed by atoms with Gasteiger partial charge < -0.3 is 19.1 Å². The third kappa shape index (κ3) is 10.5. The van der Waals surface area contributed by atoms with E-state index in [4.69, 9.17) is 14.2 Å². The molecule has 4 aromatic rings. The number of carbonyl (C=O) groups is 3. The van der Waals surface area contributed by atoms with Crippen molar-refractivity contribution in [2.24, 2.45) is 11.8 Å². The van der Waals surface area contributed by atoms with E-state index in [0.717, 1.165) is 46.6 Å². The summed E-state index contributed by atoms with van der Waals surface area (Å²) in [6, 6.07) is 25.2. The van der Waals surface area contributed by atoms with E-state index < -0.39 is 11.9 Å². The Kier molecular flexibility index (Phi) is 13.5. The summed E-state index contributed by atoms with van der Waals surface area (Å²) in [5, 5.41) is 0. The van der Waals surface area contributed by atoms with E-state index >= 15 is 0 Å². The number of nitrogens with zero attached hydrogens (tertiary/aromatic N) is 3. The molecule has 0 N–H and O–H groups in total. The number of ether oxygens (including phenoxy) is 3. The molecule has 262 valence electrons. The van der Waals surface area contributed by atoms with Gasteiger partial charge in [0, 0.05) is 36.6 Å². The van der Waals surface area contributed by atoms with Crippen LogP contribution in [0.3, 0.4) is 0 Å². The van der Waals surface area contributed by atoms with Gasteiger partial charge in [-0.05, 0) is 48.1 Å². The molecule has 9 nitrogen and oxygen atoms in total. The fraction of sp³-hybridized carbons (Fsp3) is 0.390. The van der Waals surface area contributed by atoms with Crippen molar-refractivity contribution in [3.63, 3.8) is 0 Å². The van der Waals surface area contributed by atoms with E-state index in [1.165, 1.54) is 32.8 Å². The molecule has 9 heteroatoms. The molecule has 1 aromatic heterocycles. The number of methoxy groups -OCH3 is 1. The maximum Gasteiger partial charge on any atom is 0.310 e. The van der Waals surface area contributed by atoms with Crippen LogP contribution in [-0.2, 0) is 36.9 Å². The highest BCUT2D eigenvalue weighted by atomic mass is 16.5. The summed E-state index contributed by atoms with van der Waals surface area (Å²) in [6.07, 6.45) is 10.5. The van der Waals surface area contributed by atoms with Gasteiger partial charge in [-0.2, -0.15) is 0 Å². The van der Waals surface area contributed by atoms with Crippen molar-refractivity contribution in [2.45, 2.75) is 64.9 Å². The Labute approximate surface area is 295 Å². The zero-order valence-corrected chi connectivity index (χ0v) is 29.1. The Morgan fingerprint density at radius 1 is 0.820 bits per heavy atom. The van der Waals surface area contributed by atoms with Crippen LogP contribution in [0.25, 0.3) is 22.5 Å². The van der Waals surface area contributed by atoms with Crippen molar-refractivity contribution in [1.29, 1.82) is 0 Å². The first-order valence-electron chi connectivity index (χ1n) is 17.6. The average Bonchev–Trinajstić information content (AvgIpc) is 3.66. The number of rotatable bonds is 17. The van der Waals surface area contributed by atoms with Crippen LogP contribution in [0, 0.1) is 11.8 Å². The minimum Gasteiger partial charge on any atom is -0.494 e. The number of esters is 2. The number of amides is 1. The number of unbranched alkanes of at least 4 members (excludes halogenated alkanes) is 4. The van der Waals surface area contributed by atoms with Crippen molar-refractivity contribution in [2.75, 3.05) is 26.8 Å². The second-order valence-corrected chi connectivity index (χ2v) is 12.8. The predicted molar refractivity (Wildman–Crippen MR) is 192 cm³/mol. The number of aromatic nitrogens is 2. The molecule has 50 heavy (non-hydrogen) atoms. The summed E-state index contributed by atoms with van der Waals surface area (Å²) < 4.78 is 16.3. The maximum absolute atomic E-state index is 13.7. The zero-order chi connectivity index (χ0) is 35.1. The lowest BCUT2D eigenvalue weighted by molar-refractivity contribution is -0.150. The Bertz CT molecular complexity index is 1660. The standard InChI is InChI=1S/C41H47N3O6/c1-3-4-5-6-10-23-49-37-19-17-32(18-20-37)36-26-42-39(43-27-36)33-15-13-30(14-16-33)24-35(25-38(45)50-29-31-11-8-7-9-12-31)40(46)44-22-21-34(28-44)41(47)48-2/h7-9,11-20,26-27,34-35H,3-6,10,21-25,28-29H2,1-2H3/t34-,35+/m0/s1. The van der Waals surface area contributed by atoms with E-state index in [1.54, 1.807) is 4.90 Å². The predicted octanol–water partition coefficient (Wildman–Crippen LogP) is 7.47. The SMILES string of the molecule is CCCCCCCOc1ccc(-c2cnc(-c3ccc(C[C@H](CC(=O)OCc4ccccc4)C(=O)N4CC[C@H](C(=O)OC)C4)cc3)nc2)cc1. The second-order valence-electron chi connectivity index (χ2n) is 12.8. The Balaban J connectivity index is 1.19. The van der Waals surface area contributed by atoms with Gasteiger partial charge in [0.25, 0.3) is 0 Å². The van der Waals surface area contributed by atoms with Gasteiger partial charge in [0.15, 0.2) is 5.82 Å². The molecule has 5 rings (SSSR count). The van der Waals surface area contributed by atoms with Crippen LogP contribution in [0.5, 0.6) is 5.75 Å². The van der Waals surface area contributed by atoms with Gasteiger partial charge in [0.05, 0.1) is 32.0 Å². The molecule has 1 amide bonds. The fourth-order valence-electron chi connectivity index (χ4n) is 6.16. The number of hydrogen-bond acceptors (Lipinski definition) is 8. The molecule has 1 fully saturated rings.